The maximum atomic E-state index is 4.50. The zero-order chi connectivity index (χ0) is 14.7. The van der Waals surface area contributed by atoms with Gasteiger partial charge in [-0.15, -0.1) is 0 Å². The minimum atomic E-state index is 0.464. The van der Waals surface area contributed by atoms with Crippen LogP contribution in [-0.4, -0.2) is 32.7 Å². The van der Waals surface area contributed by atoms with Crippen LogP contribution in [0.4, 0.5) is 0 Å². The van der Waals surface area contributed by atoms with Crippen LogP contribution in [0.5, 0.6) is 0 Å². The molecular weight excluding hydrogens is 250 g/mol. The van der Waals surface area contributed by atoms with Gasteiger partial charge in [-0.3, -0.25) is 9.36 Å². The van der Waals surface area contributed by atoms with Crippen LogP contribution in [0.2, 0.25) is 0 Å². The van der Waals surface area contributed by atoms with E-state index in [2.05, 4.69) is 35.4 Å². The van der Waals surface area contributed by atoms with Crippen LogP contribution < -0.4 is 5.32 Å². The summed E-state index contributed by atoms with van der Waals surface area (Å²) in [5.41, 5.74) is 5.07. The van der Waals surface area contributed by atoms with Crippen molar-refractivity contribution in [2.24, 2.45) is 14.1 Å². The lowest BCUT2D eigenvalue weighted by Gasteiger charge is -2.16. The molecule has 0 radical (unpaired) electrons. The van der Waals surface area contributed by atoms with Gasteiger partial charge < -0.3 is 5.32 Å². The van der Waals surface area contributed by atoms with Crippen molar-refractivity contribution in [2.75, 3.05) is 7.05 Å². The summed E-state index contributed by atoms with van der Waals surface area (Å²) in [5, 5.41) is 12.1. The molecule has 1 atom stereocenters. The molecule has 20 heavy (non-hydrogen) atoms. The van der Waals surface area contributed by atoms with Crippen LogP contribution in [0.15, 0.2) is 12.3 Å². The number of aryl methyl sites for hydroxylation is 4. The van der Waals surface area contributed by atoms with Crippen LogP contribution >= 0.6 is 0 Å². The van der Waals surface area contributed by atoms with Gasteiger partial charge in [-0.2, -0.15) is 10.2 Å². The van der Waals surface area contributed by atoms with Crippen molar-refractivity contribution >= 4 is 0 Å². The van der Waals surface area contributed by atoms with Crippen LogP contribution in [-0.2, 0) is 26.9 Å². The van der Waals surface area contributed by atoms with E-state index in [-0.39, 0.29) is 0 Å². The lowest BCUT2D eigenvalue weighted by Crippen LogP contribution is -2.28. The number of aromatic nitrogens is 4. The second-order valence-corrected chi connectivity index (χ2v) is 5.45. The van der Waals surface area contributed by atoms with Gasteiger partial charge in [0.05, 0.1) is 5.69 Å². The molecule has 0 saturated carbocycles. The third-order valence-electron chi connectivity index (χ3n) is 4.19. The molecule has 0 aliphatic rings. The first kappa shape index (κ1) is 14.8. The fourth-order valence-electron chi connectivity index (χ4n) is 2.68. The third kappa shape index (κ3) is 3.10. The normalized spacial score (nSPS) is 12.8. The molecule has 0 bridgehead atoms. The molecule has 5 heteroatoms. The Morgan fingerprint density at radius 3 is 2.50 bits per heavy atom. The molecule has 0 saturated heterocycles. The van der Waals surface area contributed by atoms with Gasteiger partial charge in [0.15, 0.2) is 0 Å². The number of nitrogens with one attached hydrogen (secondary N) is 1. The van der Waals surface area contributed by atoms with Crippen LogP contribution in [0.1, 0.15) is 29.1 Å². The Kier molecular flexibility index (Phi) is 4.60. The molecule has 0 aromatic carbocycles. The number of hydrogen-bond acceptors (Lipinski definition) is 3. The smallest absolute Gasteiger partial charge is 0.0628 e. The van der Waals surface area contributed by atoms with E-state index in [4.69, 9.17) is 0 Å². The predicted octanol–water partition coefficient (Wildman–Crippen LogP) is 1.53. The summed E-state index contributed by atoms with van der Waals surface area (Å²) in [4.78, 5) is 0. The summed E-state index contributed by atoms with van der Waals surface area (Å²) in [7, 11) is 6.05. The Balaban J connectivity index is 2.00. The molecule has 5 nitrogen and oxygen atoms in total. The van der Waals surface area contributed by atoms with E-state index in [1.165, 1.54) is 17.0 Å². The van der Waals surface area contributed by atoms with Crippen molar-refractivity contribution in [2.45, 2.75) is 39.2 Å². The first-order valence-electron chi connectivity index (χ1n) is 7.16. The quantitative estimate of drug-likeness (QED) is 0.870. The fourth-order valence-corrected chi connectivity index (χ4v) is 2.68. The molecule has 1 unspecified atom stereocenters. The molecule has 0 fully saturated rings. The van der Waals surface area contributed by atoms with Crippen molar-refractivity contribution in [1.29, 1.82) is 0 Å². The zero-order valence-corrected chi connectivity index (χ0v) is 13.1. The maximum absolute atomic E-state index is 4.50. The SMILES string of the molecule is CNC(CCc1ccnn1C)Cc1c(C)nn(C)c1C. The zero-order valence-electron chi connectivity index (χ0n) is 13.1. The van der Waals surface area contributed by atoms with Gasteiger partial charge >= 0.3 is 0 Å². The van der Waals surface area contributed by atoms with Crippen molar-refractivity contribution in [3.05, 3.63) is 34.9 Å². The van der Waals surface area contributed by atoms with Gasteiger partial charge in [-0.05, 0) is 51.8 Å². The molecule has 2 aromatic rings. The largest absolute Gasteiger partial charge is 0.317 e. The Morgan fingerprint density at radius 2 is 2.00 bits per heavy atom. The van der Waals surface area contributed by atoms with E-state index < -0.39 is 0 Å². The monoisotopic (exact) mass is 275 g/mol. The Morgan fingerprint density at radius 1 is 1.25 bits per heavy atom. The van der Waals surface area contributed by atoms with E-state index in [1.54, 1.807) is 0 Å². The lowest BCUT2D eigenvalue weighted by molar-refractivity contribution is 0.508. The highest BCUT2D eigenvalue weighted by Crippen LogP contribution is 2.16. The molecule has 0 aliphatic carbocycles. The molecule has 0 aliphatic heterocycles. The molecule has 1 N–H and O–H groups in total. The van der Waals surface area contributed by atoms with Gasteiger partial charge in [0.2, 0.25) is 0 Å². The maximum Gasteiger partial charge on any atom is 0.0628 e. The molecule has 0 spiro atoms. The number of hydrogen-bond donors (Lipinski definition) is 1. The summed E-state index contributed by atoms with van der Waals surface area (Å²) < 4.78 is 3.92. The summed E-state index contributed by atoms with van der Waals surface area (Å²) >= 11 is 0. The van der Waals surface area contributed by atoms with E-state index in [9.17, 15) is 0 Å². The second kappa shape index (κ2) is 6.22. The van der Waals surface area contributed by atoms with Gasteiger partial charge in [0, 0.05) is 37.7 Å². The van der Waals surface area contributed by atoms with Crippen LogP contribution in [0.3, 0.4) is 0 Å². The van der Waals surface area contributed by atoms with Gasteiger partial charge in [0.25, 0.3) is 0 Å². The van der Waals surface area contributed by atoms with E-state index in [0.29, 0.717) is 6.04 Å². The number of nitrogens with zero attached hydrogens (tertiary/aromatic N) is 4. The second-order valence-electron chi connectivity index (χ2n) is 5.45. The minimum Gasteiger partial charge on any atom is -0.317 e. The fraction of sp³-hybridized carbons (Fsp3) is 0.600. The van der Waals surface area contributed by atoms with E-state index >= 15 is 0 Å². The highest BCUT2D eigenvalue weighted by Gasteiger charge is 2.15. The lowest BCUT2D eigenvalue weighted by atomic mass is 9.99. The number of rotatable bonds is 6. The molecule has 2 heterocycles. The van der Waals surface area contributed by atoms with E-state index in [0.717, 1.165) is 25.0 Å². The topological polar surface area (TPSA) is 47.7 Å². The summed E-state index contributed by atoms with van der Waals surface area (Å²) in [6.45, 7) is 4.24. The van der Waals surface area contributed by atoms with E-state index in [1.807, 2.05) is 36.7 Å². The molecule has 2 aromatic heterocycles. The van der Waals surface area contributed by atoms with Crippen molar-refractivity contribution < 1.29 is 0 Å². The molecule has 110 valence electrons. The predicted molar refractivity (Wildman–Crippen MR) is 80.8 cm³/mol. The molecule has 2 rings (SSSR count). The van der Waals surface area contributed by atoms with Crippen molar-refractivity contribution in [3.8, 4) is 0 Å². The highest BCUT2D eigenvalue weighted by molar-refractivity contribution is 5.25. The summed E-state index contributed by atoms with van der Waals surface area (Å²) in [5.74, 6) is 0. The standard InChI is InChI=1S/C15H25N5/c1-11-15(12(2)19(4)18-11)10-13(16-3)6-7-14-8-9-17-20(14)5/h8-9,13,16H,6-7,10H2,1-5H3. The summed E-state index contributed by atoms with van der Waals surface area (Å²) in [6.07, 6.45) is 5.03. The van der Waals surface area contributed by atoms with Crippen molar-refractivity contribution in [1.82, 2.24) is 24.9 Å². The Labute approximate surface area is 121 Å². The van der Waals surface area contributed by atoms with Crippen LogP contribution in [0, 0.1) is 13.8 Å². The Hall–Kier alpha value is -1.62. The first-order valence-corrected chi connectivity index (χ1v) is 7.16. The number of likely N-dealkylation sites (N-methyl/N-ethyl adjacent to an activating group) is 1. The van der Waals surface area contributed by atoms with Crippen LogP contribution in [0.25, 0.3) is 0 Å². The highest BCUT2D eigenvalue weighted by atomic mass is 15.3. The van der Waals surface area contributed by atoms with Gasteiger partial charge in [-0.25, -0.2) is 0 Å². The average molecular weight is 275 g/mol. The minimum absolute atomic E-state index is 0.464. The average Bonchev–Trinajstić information content (AvgIpc) is 2.92. The van der Waals surface area contributed by atoms with Gasteiger partial charge in [0.1, 0.15) is 0 Å². The Bertz CT molecular complexity index is 567. The third-order valence-corrected chi connectivity index (χ3v) is 4.19. The van der Waals surface area contributed by atoms with Crippen molar-refractivity contribution in [3.63, 3.8) is 0 Å². The van der Waals surface area contributed by atoms with Gasteiger partial charge in [-0.1, -0.05) is 0 Å². The first-order chi connectivity index (χ1) is 9.52. The molecule has 0 amide bonds. The summed E-state index contributed by atoms with van der Waals surface area (Å²) in [6, 6.07) is 2.55. The molecular formula is C15H25N5.